The average molecular weight is 521 g/mol. The predicted octanol–water partition coefficient (Wildman–Crippen LogP) is 5.43. The van der Waals surface area contributed by atoms with Gasteiger partial charge in [0.2, 0.25) is 0 Å². The summed E-state index contributed by atoms with van der Waals surface area (Å²) in [6, 6.07) is 7.83. The number of hydrogen-bond donors (Lipinski definition) is 2. The molecule has 2 N–H and O–H groups in total. The number of rotatable bonds is 8. The van der Waals surface area contributed by atoms with Gasteiger partial charge in [-0.3, -0.25) is 4.57 Å². The molecule has 1 heterocycles. The van der Waals surface area contributed by atoms with E-state index in [-0.39, 0.29) is 12.7 Å². The number of pyridine rings is 1. The number of benzene rings is 1. The summed E-state index contributed by atoms with van der Waals surface area (Å²) in [4.78, 5) is 37.7. The smallest absolute Gasteiger partial charge is 0.409 e. The Morgan fingerprint density at radius 1 is 1.17 bits per heavy atom. The van der Waals surface area contributed by atoms with E-state index >= 15 is 0 Å². The summed E-state index contributed by atoms with van der Waals surface area (Å²) in [5.41, 5.74) is 1.68. The Labute approximate surface area is 211 Å². The molecular formula is C26H34FN2O6P. The number of amides is 1. The van der Waals surface area contributed by atoms with Crippen molar-refractivity contribution in [1.82, 2.24) is 9.88 Å². The van der Waals surface area contributed by atoms with E-state index in [0.29, 0.717) is 60.0 Å². The van der Waals surface area contributed by atoms with Crippen LogP contribution in [0, 0.1) is 18.7 Å². The van der Waals surface area contributed by atoms with Crippen molar-refractivity contribution in [2.45, 2.75) is 70.2 Å². The minimum absolute atomic E-state index is 0.0776. The largest absolute Gasteiger partial charge is 0.489 e. The lowest BCUT2D eigenvalue weighted by atomic mass is 9.85. The molecule has 1 amide bonds. The van der Waals surface area contributed by atoms with Gasteiger partial charge in [0.15, 0.2) is 0 Å². The molecule has 1 aromatic carbocycles. The van der Waals surface area contributed by atoms with Crippen LogP contribution in [0.25, 0.3) is 11.3 Å². The number of ether oxygens (including phenoxy) is 2. The van der Waals surface area contributed by atoms with E-state index in [0.717, 1.165) is 19.3 Å². The van der Waals surface area contributed by atoms with Crippen LogP contribution in [0.5, 0.6) is 5.75 Å². The van der Waals surface area contributed by atoms with Gasteiger partial charge < -0.3 is 24.2 Å². The van der Waals surface area contributed by atoms with Crippen molar-refractivity contribution in [3.63, 3.8) is 0 Å². The molecule has 4 rings (SSSR count). The maximum absolute atomic E-state index is 14.0. The molecule has 196 valence electrons. The number of carbonyl (C=O) groups excluding carboxylic acids is 1. The van der Waals surface area contributed by atoms with Gasteiger partial charge >= 0.3 is 13.7 Å². The summed E-state index contributed by atoms with van der Waals surface area (Å²) in [6.45, 7) is 2.37. The van der Waals surface area contributed by atoms with Gasteiger partial charge in [0, 0.05) is 24.7 Å². The Balaban J connectivity index is 1.44. The second-order valence-corrected chi connectivity index (χ2v) is 11.9. The molecule has 2 saturated carbocycles. The highest BCUT2D eigenvalue weighted by Gasteiger charge is 2.35. The molecule has 2 aliphatic carbocycles. The molecule has 36 heavy (non-hydrogen) atoms. The fourth-order valence-corrected chi connectivity index (χ4v) is 5.88. The van der Waals surface area contributed by atoms with Crippen LogP contribution >= 0.6 is 7.60 Å². The molecule has 2 fully saturated rings. The minimum Gasteiger partial charge on any atom is -0.489 e. The van der Waals surface area contributed by atoms with Crippen molar-refractivity contribution in [2.24, 2.45) is 5.92 Å². The third-order valence-electron chi connectivity index (χ3n) is 7.17. The van der Waals surface area contributed by atoms with Crippen LogP contribution in [-0.4, -0.2) is 51.1 Å². The lowest BCUT2D eigenvalue weighted by molar-refractivity contribution is 0.0931. The molecule has 0 spiro atoms. The van der Waals surface area contributed by atoms with Gasteiger partial charge in [0.05, 0.1) is 23.2 Å². The Morgan fingerprint density at radius 3 is 2.58 bits per heavy atom. The molecule has 2 atom stereocenters. The molecule has 0 aliphatic heterocycles. The number of nitrogens with zero attached hydrogens (tertiary/aromatic N) is 2. The van der Waals surface area contributed by atoms with Crippen molar-refractivity contribution in [2.75, 3.05) is 13.6 Å². The first kappa shape index (κ1) is 26.6. The highest BCUT2D eigenvalue weighted by atomic mass is 31.2. The Morgan fingerprint density at radius 2 is 1.92 bits per heavy atom. The van der Waals surface area contributed by atoms with Crippen molar-refractivity contribution < 1.29 is 33.0 Å². The first-order valence-corrected chi connectivity index (χ1v) is 14.1. The van der Waals surface area contributed by atoms with Gasteiger partial charge in [-0.25, -0.2) is 14.2 Å². The molecule has 1 aromatic heterocycles. The van der Waals surface area contributed by atoms with E-state index in [1.54, 1.807) is 37.1 Å². The van der Waals surface area contributed by atoms with E-state index < -0.39 is 25.2 Å². The second-order valence-electron chi connectivity index (χ2n) is 9.96. The third-order valence-corrected chi connectivity index (χ3v) is 8.59. The number of aryl methyl sites for hydroxylation is 1. The van der Waals surface area contributed by atoms with Gasteiger partial charge in [-0.05, 0) is 81.7 Å². The fourth-order valence-electron chi connectivity index (χ4n) is 4.85. The van der Waals surface area contributed by atoms with E-state index in [1.807, 2.05) is 0 Å². The Hall–Kier alpha value is -2.48. The fraction of sp³-hybridized carbons (Fsp3) is 0.538. The quantitative estimate of drug-likeness (QED) is 0.447. The summed E-state index contributed by atoms with van der Waals surface area (Å²) in [7, 11) is -2.43. The van der Waals surface area contributed by atoms with Crippen LogP contribution in [0.1, 0.15) is 56.2 Å². The normalized spacial score (nSPS) is 20.5. The molecular weight excluding hydrogens is 486 g/mol. The van der Waals surface area contributed by atoms with Crippen LogP contribution in [0.4, 0.5) is 9.18 Å². The lowest BCUT2D eigenvalue weighted by Gasteiger charge is -2.30. The number of carbonyl (C=O) groups is 1. The molecule has 0 saturated heterocycles. The lowest BCUT2D eigenvalue weighted by Crippen LogP contribution is -2.34. The SMILES string of the molecule is Cc1nc(-c2ccc(F)cc2COC(=O)N(C)CC2CCC2)ccc1OC1CCCC(P(=O)(O)O)C1. The molecule has 8 nitrogen and oxygen atoms in total. The standard InChI is InChI=1S/C26H34FN2O6P/c1-17-25(35-21-7-4-8-22(14-21)36(31,32)33)12-11-24(28-17)23-10-9-20(27)13-19(23)16-34-26(30)29(2)15-18-5-3-6-18/h9-13,18,21-22H,3-8,14-16H2,1-2H3,(H2,31,32,33). The molecule has 10 heteroatoms. The minimum atomic E-state index is -4.14. The zero-order valence-electron chi connectivity index (χ0n) is 20.7. The van der Waals surface area contributed by atoms with Crippen LogP contribution in [0.3, 0.4) is 0 Å². The van der Waals surface area contributed by atoms with Crippen LogP contribution in [-0.2, 0) is 15.9 Å². The highest BCUT2D eigenvalue weighted by Crippen LogP contribution is 2.48. The molecule has 0 radical (unpaired) electrons. The zero-order chi connectivity index (χ0) is 25.9. The van der Waals surface area contributed by atoms with Gasteiger partial charge in [-0.1, -0.05) is 6.42 Å². The summed E-state index contributed by atoms with van der Waals surface area (Å²) in [5.74, 6) is 0.639. The maximum Gasteiger partial charge on any atom is 0.409 e. The van der Waals surface area contributed by atoms with E-state index in [2.05, 4.69) is 4.98 Å². The first-order chi connectivity index (χ1) is 17.1. The Kier molecular flexibility index (Phi) is 8.33. The maximum atomic E-state index is 14.0. The van der Waals surface area contributed by atoms with Crippen molar-refractivity contribution in [1.29, 1.82) is 0 Å². The van der Waals surface area contributed by atoms with E-state index in [9.17, 15) is 23.5 Å². The van der Waals surface area contributed by atoms with Gasteiger partial charge in [-0.2, -0.15) is 0 Å². The Bertz CT molecular complexity index is 1140. The van der Waals surface area contributed by atoms with Gasteiger partial charge in [0.1, 0.15) is 18.2 Å². The van der Waals surface area contributed by atoms with Gasteiger partial charge in [0.25, 0.3) is 0 Å². The van der Waals surface area contributed by atoms with E-state index in [4.69, 9.17) is 9.47 Å². The van der Waals surface area contributed by atoms with Crippen LogP contribution in [0.15, 0.2) is 30.3 Å². The van der Waals surface area contributed by atoms with Gasteiger partial charge in [-0.15, -0.1) is 0 Å². The third kappa shape index (κ3) is 6.64. The van der Waals surface area contributed by atoms with E-state index in [1.165, 1.54) is 18.6 Å². The number of aromatic nitrogens is 1. The molecule has 0 bridgehead atoms. The zero-order valence-corrected chi connectivity index (χ0v) is 21.6. The van der Waals surface area contributed by atoms with Crippen molar-refractivity contribution >= 4 is 13.7 Å². The summed E-state index contributed by atoms with van der Waals surface area (Å²) in [5, 5.41) is 0. The molecule has 2 aliphatic rings. The highest BCUT2D eigenvalue weighted by molar-refractivity contribution is 7.52. The van der Waals surface area contributed by atoms with Crippen molar-refractivity contribution in [3.8, 4) is 17.0 Å². The summed E-state index contributed by atoms with van der Waals surface area (Å²) >= 11 is 0. The summed E-state index contributed by atoms with van der Waals surface area (Å²) in [6.07, 6.45) is 4.93. The van der Waals surface area contributed by atoms with Crippen LogP contribution in [0.2, 0.25) is 0 Å². The van der Waals surface area contributed by atoms with Crippen molar-refractivity contribution in [3.05, 3.63) is 47.4 Å². The monoisotopic (exact) mass is 520 g/mol. The first-order valence-electron chi connectivity index (χ1n) is 12.5. The average Bonchev–Trinajstić information content (AvgIpc) is 2.80. The predicted molar refractivity (Wildman–Crippen MR) is 133 cm³/mol. The molecule has 2 unspecified atom stereocenters. The second kappa shape index (κ2) is 11.3. The number of halogens is 1. The number of hydrogen-bond acceptors (Lipinski definition) is 5. The molecule has 2 aromatic rings. The topological polar surface area (TPSA) is 109 Å². The summed E-state index contributed by atoms with van der Waals surface area (Å²) < 4.78 is 37.2. The van der Waals surface area contributed by atoms with Crippen LogP contribution < -0.4 is 4.74 Å².